The molecule has 150 valence electrons. The zero-order valence-electron chi connectivity index (χ0n) is 17.0. The molecule has 0 unspecified atom stereocenters. The molecule has 28 heavy (non-hydrogen) atoms. The molecule has 0 aromatic heterocycles. The summed E-state index contributed by atoms with van der Waals surface area (Å²) in [7, 11) is 1.64. The molecule has 1 amide bonds. The van der Waals surface area contributed by atoms with Gasteiger partial charge in [-0.05, 0) is 49.6 Å². The van der Waals surface area contributed by atoms with Crippen molar-refractivity contribution in [2.75, 3.05) is 7.11 Å². The van der Waals surface area contributed by atoms with Crippen molar-refractivity contribution >= 4 is 5.91 Å². The third kappa shape index (κ3) is 5.51. The number of aryl methyl sites for hydroxylation is 1. The zero-order chi connectivity index (χ0) is 19.8. The van der Waals surface area contributed by atoms with E-state index in [9.17, 15) is 4.79 Å². The van der Waals surface area contributed by atoms with E-state index in [1.54, 1.807) is 7.11 Å². The molecule has 0 atom stereocenters. The minimum absolute atomic E-state index is 0.00892. The molecule has 0 aliphatic heterocycles. The van der Waals surface area contributed by atoms with Crippen LogP contribution in [0, 0.1) is 6.92 Å². The Balaban J connectivity index is 1.68. The molecule has 0 heterocycles. The lowest BCUT2D eigenvalue weighted by Crippen LogP contribution is -2.35. The van der Waals surface area contributed by atoms with Crippen molar-refractivity contribution in [3.63, 3.8) is 0 Å². The summed E-state index contributed by atoms with van der Waals surface area (Å²) in [4.78, 5) is 12.8. The van der Waals surface area contributed by atoms with Crippen LogP contribution in [0.15, 0.2) is 42.5 Å². The minimum Gasteiger partial charge on any atom is -0.496 e. The van der Waals surface area contributed by atoms with Gasteiger partial charge in [0.2, 0.25) is 0 Å². The van der Waals surface area contributed by atoms with Crippen molar-refractivity contribution in [2.45, 2.75) is 64.5 Å². The van der Waals surface area contributed by atoms with Crippen molar-refractivity contribution in [1.29, 1.82) is 0 Å². The van der Waals surface area contributed by atoms with Gasteiger partial charge in [0.05, 0.1) is 7.11 Å². The highest BCUT2D eigenvalue weighted by molar-refractivity contribution is 5.94. The molecular weight excluding hydrogens is 350 g/mol. The fourth-order valence-electron chi connectivity index (χ4n) is 3.78. The molecule has 1 N–H and O–H groups in total. The van der Waals surface area contributed by atoms with E-state index in [4.69, 9.17) is 9.47 Å². The maximum atomic E-state index is 12.8. The van der Waals surface area contributed by atoms with Crippen LogP contribution >= 0.6 is 0 Å². The number of hydrogen-bond donors (Lipinski definition) is 1. The number of amides is 1. The maximum absolute atomic E-state index is 12.8. The van der Waals surface area contributed by atoms with Gasteiger partial charge in [-0.2, -0.15) is 0 Å². The summed E-state index contributed by atoms with van der Waals surface area (Å²) in [6, 6.07) is 13.8. The number of ether oxygens (including phenoxy) is 2. The maximum Gasteiger partial charge on any atom is 0.251 e. The third-order valence-electron chi connectivity index (χ3n) is 5.46. The molecule has 1 fully saturated rings. The van der Waals surface area contributed by atoms with Gasteiger partial charge in [-0.1, -0.05) is 50.3 Å². The van der Waals surface area contributed by atoms with Crippen molar-refractivity contribution < 1.29 is 14.3 Å². The van der Waals surface area contributed by atoms with Crippen molar-refractivity contribution in [2.24, 2.45) is 0 Å². The number of hydrogen-bond acceptors (Lipinski definition) is 3. The number of methoxy groups -OCH3 is 1. The highest BCUT2D eigenvalue weighted by Crippen LogP contribution is 2.24. The van der Waals surface area contributed by atoms with Gasteiger partial charge in [-0.3, -0.25) is 4.79 Å². The molecular formula is C24H31NO3. The number of benzene rings is 2. The number of nitrogens with one attached hydrogen (secondary N) is 1. The number of rotatable bonds is 6. The second kappa shape index (κ2) is 10.2. The van der Waals surface area contributed by atoms with Gasteiger partial charge in [-0.15, -0.1) is 0 Å². The number of carbonyl (C=O) groups is 1. The monoisotopic (exact) mass is 381 g/mol. The summed E-state index contributed by atoms with van der Waals surface area (Å²) in [5.41, 5.74) is 2.61. The predicted octanol–water partition coefficient (Wildman–Crippen LogP) is 5.43. The second-order valence-electron chi connectivity index (χ2n) is 7.60. The van der Waals surface area contributed by atoms with Crippen LogP contribution in [0.2, 0.25) is 0 Å². The van der Waals surface area contributed by atoms with Gasteiger partial charge in [-0.25, -0.2) is 0 Å². The smallest absolute Gasteiger partial charge is 0.251 e. The average molecular weight is 382 g/mol. The lowest BCUT2D eigenvalue weighted by Gasteiger charge is -2.21. The molecule has 0 spiro atoms. The first-order valence-electron chi connectivity index (χ1n) is 10.3. The molecule has 1 saturated carbocycles. The molecule has 1 aliphatic carbocycles. The molecule has 2 aromatic rings. The molecule has 4 heteroatoms. The van der Waals surface area contributed by atoms with E-state index in [1.165, 1.54) is 32.1 Å². The highest BCUT2D eigenvalue weighted by atomic mass is 16.5. The molecule has 0 saturated heterocycles. The Kier molecular flexibility index (Phi) is 7.35. The summed E-state index contributed by atoms with van der Waals surface area (Å²) in [6.45, 7) is 2.38. The average Bonchev–Trinajstić information content (AvgIpc) is 2.69. The van der Waals surface area contributed by atoms with Gasteiger partial charge >= 0.3 is 0 Å². The quantitative estimate of drug-likeness (QED) is 0.726. The summed E-state index contributed by atoms with van der Waals surface area (Å²) >= 11 is 0. The van der Waals surface area contributed by atoms with Gasteiger partial charge in [0.1, 0.15) is 18.1 Å². The minimum atomic E-state index is -0.00892. The van der Waals surface area contributed by atoms with E-state index in [0.29, 0.717) is 12.2 Å². The Morgan fingerprint density at radius 1 is 1.00 bits per heavy atom. The Morgan fingerprint density at radius 2 is 1.71 bits per heavy atom. The van der Waals surface area contributed by atoms with E-state index in [2.05, 4.69) is 5.32 Å². The Morgan fingerprint density at radius 3 is 2.43 bits per heavy atom. The number of carbonyl (C=O) groups excluding carboxylic acids is 1. The van der Waals surface area contributed by atoms with Crippen molar-refractivity contribution in [3.8, 4) is 11.5 Å². The normalized spacial score (nSPS) is 15.4. The van der Waals surface area contributed by atoms with Crippen LogP contribution in [-0.4, -0.2) is 19.1 Å². The van der Waals surface area contributed by atoms with Crippen molar-refractivity contribution in [3.05, 3.63) is 59.2 Å². The van der Waals surface area contributed by atoms with Crippen molar-refractivity contribution in [1.82, 2.24) is 5.32 Å². The van der Waals surface area contributed by atoms with E-state index in [0.717, 1.165) is 35.5 Å². The lowest BCUT2D eigenvalue weighted by atomic mass is 9.96. The van der Waals surface area contributed by atoms with Crippen LogP contribution < -0.4 is 14.8 Å². The first kappa shape index (κ1) is 20.2. The SMILES string of the molecule is COc1ccc(C(=O)NC2CCCCCCC2)cc1COc1ccccc1C. The molecule has 1 aliphatic rings. The van der Waals surface area contributed by atoms with Crippen LogP contribution in [0.1, 0.15) is 66.4 Å². The van der Waals surface area contributed by atoms with Gasteiger partial charge in [0.25, 0.3) is 5.91 Å². The first-order chi connectivity index (χ1) is 13.7. The Bertz CT molecular complexity index is 779. The fourth-order valence-corrected chi connectivity index (χ4v) is 3.78. The zero-order valence-corrected chi connectivity index (χ0v) is 17.0. The standard InChI is InChI=1S/C24H31NO3/c1-18-10-8-9-13-22(18)28-17-20-16-19(14-15-23(20)27-2)24(26)25-21-11-6-4-3-5-7-12-21/h8-10,13-16,21H,3-7,11-12,17H2,1-2H3,(H,25,26). The van der Waals surface area contributed by atoms with E-state index >= 15 is 0 Å². The van der Waals surface area contributed by atoms with E-state index < -0.39 is 0 Å². The van der Waals surface area contributed by atoms with Crippen LogP contribution in [0.5, 0.6) is 11.5 Å². The molecule has 2 aromatic carbocycles. The van der Waals surface area contributed by atoms with E-state index in [-0.39, 0.29) is 11.9 Å². The van der Waals surface area contributed by atoms with Crippen LogP contribution in [0.25, 0.3) is 0 Å². The van der Waals surface area contributed by atoms with Gasteiger partial charge in [0.15, 0.2) is 0 Å². The van der Waals surface area contributed by atoms with Crippen LogP contribution in [-0.2, 0) is 6.61 Å². The predicted molar refractivity (Wildman–Crippen MR) is 112 cm³/mol. The number of para-hydroxylation sites is 1. The summed E-state index contributed by atoms with van der Waals surface area (Å²) in [5, 5.41) is 3.23. The van der Waals surface area contributed by atoms with E-state index in [1.807, 2.05) is 49.4 Å². The third-order valence-corrected chi connectivity index (χ3v) is 5.46. The summed E-state index contributed by atoms with van der Waals surface area (Å²) in [5.74, 6) is 1.57. The Hall–Kier alpha value is -2.49. The molecule has 0 bridgehead atoms. The molecule has 0 radical (unpaired) electrons. The molecule has 3 rings (SSSR count). The second-order valence-corrected chi connectivity index (χ2v) is 7.60. The van der Waals surface area contributed by atoms with Crippen LogP contribution in [0.3, 0.4) is 0 Å². The molecule has 4 nitrogen and oxygen atoms in total. The van der Waals surface area contributed by atoms with Crippen LogP contribution in [0.4, 0.5) is 0 Å². The Labute approximate surface area is 168 Å². The highest BCUT2D eigenvalue weighted by Gasteiger charge is 2.17. The first-order valence-corrected chi connectivity index (χ1v) is 10.3. The lowest BCUT2D eigenvalue weighted by molar-refractivity contribution is 0.0930. The summed E-state index contributed by atoms with van der Waals surface area (Å²) < 4.78 is 11.4. The topological polar surface area (TPSA) is 47.6 Å². The van der Waals surface area contributed by atoms with Gasteiger partial charge < -0.3 is 14.8 Å². The summed E-state index contributed by atoms with van der Waals surface area (Å²) in [6.07, 6.45) is 8.41. The largest absolute Gasteiger partial charge is 0.496 e. The fraction of sp³-hybridized carbons (Fsp3) is 0.458. The van der Waals surface area contributed by atoms with Gasteiger partial charge in [0, 0.05) is 17.2 Å².